The predicted octanol–water partition coefficient (Wildman–Crippen LogP) is 2.02. The van der Waals surface area contributed by atoms with Crippen molar-refractivity contribution in [2.75, 3.05) is 62.3 Å². The van der Waals surface area contributed by atoms with Gasteiger partial charge in [-0.3, -0.25) is 10.1 Å². The molecule has 12 nitrogen and oxygen atoms in total. The number of morpholine rings is 1. The maximum absolute atomic E-state index is 12.2. The minimum absolute atomic E-state index is 0.119. The van der Waals surface area contributed by atoms with E-state index in [-0.39, 0.29) is 23.2 Å². The molecule has 168 valence electrons. The summed E-state index contributed by atoms with van der Waals surface area (Å²) < 4.78 is 16.5. The smallest absolute Gasteiger partial charge is 0.410 e. The Labute approximate surface area is 178 Å². The van der Waals surface area contributed by atoms with Crippen molar-refractivity contribution in [2.24, 2.45) is 0 Å². The molecule has 0 bridgehead atoms. The van der Waals surface area contributed by atoms with Crippen molar-refractivity contribution in [3.8, 4) is 0 Å². The number of anilines is 2. The number of nitro groups is 1. The van der Waals surface area contributed by atoms with E-state index in [1.54, 1.807) is 4.90 Å². The van der Waals surface area contributed by atoms with E-state index >= 15 is 0 Å². The van der Waals surface area contributed by atoms with E-state index in [0.717, 1.165) is 0 Å². The van der Waals surface area contributed by atoms with Gasteiger partial charge in [0.05, 0.1) is 24.2 Å². The molecule has 0 N–H and O–H groups in total. The fourth-order valence-corrected chi connectivity index (χ4v) is 3.52. The van der Waals surface area contributed by atoms with Crippen LogP contribution >= 0.6 is 0 Å². The highest BCUT2D eigenvalue weighted by molar-refractivity contribution is 5.79. The highest BCUT2D eigenvalue weighted by atomic mass is 16.6. The van der Waals surface area contributed by atoms with Crippen LogP contribution in [-0.4, -0.2) is 84.0 Å². The van der Waals surface area contributed by atoms with Crippen molar-refractivity contribution in [3.05, 3.63) is 16.2 Å². The van der Waals surface area contributed by atoms with Crippen LogP contribution in [-0.2, 0) is 9.47 Å². The summed E-state index contributed by atoms with van der Waals surface area (Å²) in [7, 11) is 0. The predicted molar refractivity (Wildman–Crippen MR) is 112 cm³/mol. The number of rotatable bonds is 3. The molecule has 31 heavy (non-hydrogen) atoms. The first-order chi connectivity index (χ1) is 14.7. The minimum Gasteiger partial charge on any atom is -0.444 e. The van der Waals surface area contributed by atoms with Crippen LogP contribution in [0.4, 0.5) is 22.3 Å². The molecule has 1 amide bonds. The van der Waals surface area contributed by atoms with Crippen molar-refractivity contribution in [2.45, 2.75) is 26.4 Å². The Balaban J connectivity index is 1.52. The molecule has 0 unspecified atom stereocenters. The molecule has 0 aromatic carbocycles. The zero-order chi connectivity index (χ0) is 22.2. The lowest BCUT2D eigenvalue weighted by molar-refractivity contribution is -0.384. The van der Waals surface area contributed by atoms with Crippen molar-refractivity contribution in [1.82, 2.24) is 14.9 Å². The number of aromatic nitrogens is 2. The molecular weight excluding hydrogens is 408 g/mol. The number of carbonyl (C=O) groups is 1. The first kappa shape index (κ1) is 21.1. The van der Waals surface area contributed by atoms with Crippen molar-refractivity contribution >= 4 is 34.8 Å². The van der Waals surface area contributed by atoms with Gasteiger partial charge in [0.1, 0.15) is 5.60 Å². The lowest BCUT2D eigenvalue weighted by atomic mass is 10.2. The van der Waals surface area contributed by atoms with Gasteiger partial charge in [-0.25, -0.2) is 9.78 Å². The van der Waals surface area contributed by atoms with Gasteiger partial charge in [0.2, 0.25) is 11.5 Å². The molecule has 2 aromatic heterocycles. The molecule has 2 saturated heterocycles. The second kappa shape index (κ2) is 8.17. The van der Waals surface area contributed by atoms with Gasteiger partial charge in [-0.05, 0) is 20.8 Å². The highest BCUT2D eigenvalue weighted by Gasteiger charge is 2.30. The van der Waals surface area contributed by atoms with E-state index in [0.29, 0.717) is 64.1 Å². The molecule has 0 aliphatic carbocycles. The maximum atomic E-state index is 12.2. The van der Waals surface area contributed by atoms with Crippen molar-refractivity contribution in [3.63, 3.8) is 0 Å². The first-order valence-electron chi connectivity index (χ1n) is 10.2. The minimum atomic E-state index is -0.549. The van der Waals surface area contributed by atoms with Crippen molar-refractivity contribution in [1.29, 1.82) is 0 Å². The maximum Gasteiger partial charge on any atom is 0.410 e. The van der Waals surface area contributed by atoms with E-state index < -0.39 is 10.5 Å². The summed E-state index contributed by atoms with van der Waals surface area (Å²) in [6.45, 7) is 9.44. The SMILES string of the molecule is CC(C)(C)OC(=O)N1CCN(c2nc3nc(N4CCOCC4)c([N+](=O)[O-])cc3o2)CC1. The number of oxazole rings is 1. The molecule has 0 radical (unpaired) electrons. The lowest BCUT2D eigenvalue weighted by Gasteiger charge is -2.34. The average Bonchev–Trinajstić information content (AvgIpc) is 3.15. The summed E-state index contributed by atoms with van der Waals surface area (Å²) in [6, 6.07) is 1.71. The standard InChI is InChI=1S/C19H26N6O6/c1-19(2,3)31-18(26)24-6-4-23(5-7-24)17-21-15-14(30-17)12-13(25(27)28)16(20-15)22-8-10-29-11-9-22/h12H,4-11H2,1-3H3. The fourth-order valence-electron chi connectivity index (χ4n) is 3.52. The third kappa shape index (κ3) is 4.63. The van der Waals surface area contributed by atoms with E-state index in [2.05, 4.69) is 9.97 Å². The van der Waals surface area contributed by atoms with Crippen LogP contribution in [0.2, 0.25) is 0 Å². The van der Waals surface area contributed by atoms with Crippen LogP contribution in [0.1, 0.15) is 20.8 Å². The number of hydrogen-bond donors (Lipinski definition) is 0. The van der Waals surface area contributed by atoms with Gasteiger partial charge >= 0.3 is 11.8 Å². The van der Waals surface area contributed by atoms with Crippen LogP contribution in [0.15, 0.2) is 10.5 Å². The molecule has 0 spiro atoms. The normalized spacial score (nSPS) is 17.8. The topological polar surface area (TPSA) is 127 Å². The summed E-state index contributed by atoms with van der Waals surface area (Å²) >= 11 is 0. The van der Waals surface area contributed by atoms with Gasteiger partial charge < -0.3 is 28.6 Å². The number of hydrogen-bond acceptors (Lipinski definition) is 10. The van der Waals surface area contributed by atoms with E-state index in [9.17, 15) is 14.9 Å². The van der Waals surface area contributed by atoms with Crippen LogP contribution in [0.3, 0.4) is 0 Å². The first-order valence-corrected chi connectivity index (χ1v) is 10.2. The molecule has 2 aliphatic rings. The number of pyridine rings is 1. The third-order valence-corrected chi connectivity index (χ3v) is 5.04. The molecule has 12 heteroatoms. The molecular formula is C19H26N6O6. The number of amides is 1. The van der Waals surface area contributed by atoms with Crippen LogP contribution in [0, 0.1) is 10.1 Å². The van der Waals surface area contributed by atoms with Gasteiger partial charge in [0.25, 0.3) is 6.01 Å². The quantitative estimate of drug-likeness (QED) is 0.523. The van der Waals surface area contributed by atoms with Crippen LogP contribution in [0.5, 0.6) is 0 Å². The third-order valence-electron chi connectivity index (χ3n) is 5.04. The molecule has 2 fully saturated rings. The number of carbonyl (C=O) groups excluding carboxylic acids is 1. The average molecular weight is 434 g/mol. The van der Waals surface area contributed by atoms with E-state index in [1.807, 2.05) is 30.6 Å². The Morgan fingerprint density at radius 1 is 1.10 bits per heavy atom. The number of piperazine rings is 1. The Hall–Kier alpha value is -3.15. The van der Waals surface area contributed by atoms with Crippen LogP contribution < -0.4 is 9.80 Å². The van der Waals surface area contributed by atoms with Gasteiger partial charge in [0.15, 0.2) is 5.58 Å². The number of fused-ring (bicyclic) bond motifs is 1. The summed E-state index contributed by atoms with van der Waals surface area (Å²) in [4.78, 5) is 37.6. The number of ether oxygens (including phenoxy) is 2. The summed E-state index contributed by atoms with van der Waals surface area (Å²) in [5.74, 6) is 0.274. The molecule has 4 heterocycles. The lowest BCUT2D eigenvalue weighted by Crippen LogP contribution is -2.50. The second-order valence-corrected chi connectivity index (χ2v) is 8.46. The summed E-state index contributed by atoms with van der Waals surface area (Å²) in [5.41, 5.74) is -0.0932. The fraction of sp³-hybridized carbons (Fsp3) is 0.632. The molecule has 0 saturated carbocycles. The zero-order valence-electron chi connectivity index (χ0n) is 17.9. The van der Waals surface area contributed by atoms with Gasteiger partial charge in [-0.2, -0.15) is 4.98 Å². The van der Waals surface area contributed by atoms with Gasteiger partial charge in [-0.1, -0.05) is 0 Å². The summed E-state index contributed by atoms with van der Waals surface area (Å²) in [6.07, 6.45) is -0.350. The number of nitrogens with zero attached hydrogens (tertiary/aromatic N) is 6. The zero-order valence-corrected chi connectivity index (χ0v) is 17.9. The Bertz CT molecular complexity index is 972. The van der Waals surface area contributed by atoms with Crippen LogP contribution in [0.25, 0.3) is 11.2 Å². The Kier molecular flexibility index (Phi) is 5.56. The van der Waals surface area contributed by atoms with E-state index in [1.165, 1.54) is 6.07 Å². The largest absolute Gasteiger partial charge is 0.444 e. The Morgan fingerprint density at radius 2 is 1.77 bits per heavy atom. The molecule has 2 aromatic rings. The highest BCUT2D eigenvalue weighted by Crippen LogP contribution is 2.32. The van der Waals surface area contributed by atoms with Gasteiger partial charge in [-0.15, -0.1) is 0 Å². The molecule has 4 rings (SSSR count). The Morgan fingerprint density at radius 3 is 2.39 bits per heavy atom. The second-order valence-electron chi connectivity index (χ2n) is 8.46. The van der Waals surface area contributed by atoms with E-state index in [4.69, 9.17) is 13.9 Å². The monoisotopic (exact) mass is 434 g/mol. The van der Waals surface area contributed by atoms with Crippen molar-refractivity contribution < 1.29 is 23.6 Å². The summed E-state index contributed by atoms with van der Waals surface area (Å²) in [5, 5.41) is 11.6. The van der Waals surface area contributed by atoms with Gasteiger partial charge in [0, 0.05) is 39.3 Å². The molecule has 2 aliphatic heterocycles. The molecule has 0 atom stereocenters.